The Balaban J connectivity index is 1.28. The summed E-state index contributed by atoms with van der Waals surface area (Å²) < 4.78 is 11.4. The van der Waals surface area contributed by atoms with Crippen LogP contribution in [0.25, 0.3) is 0 Å². The molecule has 6 heteroatoms. The summed E-state index contributed by atoms with van der Waals surface area (Å²) >= 11 is 0. The molecule has 2 amide bonds. The molecule has 0 spiro atoms. The van der Waals surface area contributed by atoms with Crippen LogP contribution in [0.5, 0.6) is 11.5 Å². The monoisotopic (exact) mass is 394 g/mol. The average Bonchev–Trinajstić information content (AvgIpc) is 3.26. The van der Waals surface area contributed by atoms with Crippen LogP contribution in [-0.4, -0.2) is 37.6 Å². The van der Waals surface area contributed by atoms with Gasteiger partial charge in [-0.15, -0.1) is 0 Å². The lowest BCUT2D eigenvalue weighted by Gasteiger charge is -2.30. The minimum atomic E-state index is -0.645. The number of nitrogens with one attached hydrogen (secondary N) is 2. The van der Waals surface area contributed by atoms with Gasteiger partial charge in [0.2, 0.25) is 0 Å². The van der Waals surface area contributed by atoms with E-state index < -0.39 is 11.8 Å². The van der Waals surface area contributed by atoms with E-state index in [9.17, 15) is 9.59 Å². The van der Waals surface area contributed by atoms with Crippen LogP contribution >= 0.6 is 0 Å². The van der Waals surface area contributed by atoms with E-state index in [2.05, 4.69) is 22.8 Å². The summed E-state index contributed by atoms with van der Waals surface area (Å²) in [5.74, 6) is 0.0853. The molecular formula is C23H26N2O4. The maximum absolute atomic E-state index is 12.3. The van der Waals surface area contributed by atoms with Crippen LogP contribution in [-0.2, 0) is 15.0 Å². The Hall–Kier alpha value is -3.02. The molecule has 1 aliphatic carbocycles. The van der Waals surface area contributed by atoms with Gasteiger partial charge in [0.15, 0.2) is 11.5 Å². The summed E-state index contributed by atoms with van der Waals surface area (Å²) in [6.07, 6.45) is 3.98. The van der Waals surface area contributed by atoms with Gasteiger partial charge in [0.05, 0.1) is 6.54 Å². The van der Waals surface area contributed by atoms with Gasteiger partial charge >= 0.3 is 11.8 Å². The fourth-order valence-electron chi connectivity index (χ4n) is 4.19. The number of carbonyl (C=O) groups excluding carboxylic acids is 2. The molecule has 152 valence electrons. The quantitative estimate of drug-likeness (QED) is 0.765. The van der Waals surface area contributed by atoms with Crippen LogP contribution in [0.3, 0.4) is 0 Å². The molecule has 0 unspecified atom stereocenters. The van der Waals surface area contributed by atoms with Gasteiger partial charge in [0, 0.05) is 12.0 Å². The number of amides is 2. The van der Waals surface area contributed by atoms with Crippen molar-refractivity contribution in [1.29, 1.82) is 0 Å². The Bertz CT molecular complexity index is 862. The number of para-hydroxylation sites is 2. The van der Waals surface area contributed by atoms with Crippen LogP contribution in [0.1, 0.15) is 31.2 Å². The average molecular weight is 394 g/mol. The number of fused-ring (bicyclic) bond motifs is 1. The van der Waals surface area contributed by atoms with Gasteiger partial charge in [-0.3, -0.25) is 9.59 Å². The van der Waals surface area contributed by atoms with Crippen molar-refractivity contribution >= 4 is 11.8 Å². The van der Waals surface area contributed by atoms with Crippen molar-refractivity contribution in [3.05, 3.63) is 60.2 Å². The number of hydrogen-bond acceptors (Lipinski definition) is 4. The molecule has 2 N–H and O–H groups in total. The van der Waals surface area contributed by atoms with Gasteiger partial charge < -0.3 is 20.1 Å². The van der Waals surface area contributed by atoms with Gasteiger partial charge in [-0.05, 0) is 30.5 Å². The molecule has 1 fully saturated rings. The molecule has 1 heterocycles. The summed E-state index contributed by atoms with van der Waals surface area (Å²) in [6, 6.07) is 17.6. The molecule has 1 aliphatic heterocycles. The second kappa shape index (κ2) is 8.55. The van der Waals surface area contributed by atoms with Crippen molar-refractivity contribution < 1.29 is 19.1 Å². The van der Waals surface area contributed by atoms with Crippen LogP contribution in [0.4, 0.5) is 0 Å². The van der Waals surface area contributed by atoms with Gasteiger partial charge in [0.25, 0.3) is 0 Å². The molecule has 0 radical (unpaired) electrons. The molecule has 29 heavy (non-hydrogen) atoms. The molecule has 2 aromatic carbocycles. The van der Waals surface area contributed by atoms with E-state index in [0.29, 0.717) is 24.7 Å². The first kappa shape index (κ1) is 19.3. The molecule has 1 saturated carbocycles. The molecule has 0 saturated heterocycles. The second-order valence-corrected chi connectivity index (χ2v) is 7.74. The van der Waals surface area contributed by atoms with Crippen molar-refractivity contribution in [3.63, 3.8) is 0 Å². The highest BCUT2D eigenvalue weighted by atomic mass is 16.6. The second-order valence-electron chi connectivity index (χ2n) is 7.74. The van der Waals surface area contributed by atoms with Crippen LogP contribution in [0.15, 0.2) is 54.6 Å². The van der Waals surface area contributed by atoms with Crippen molar-refractivity contribution in [2.45, 2.75) is 37.2 Å². The Morgan fingerprint density at radius 2 is 1.55 bits per heavy atom. The number of ether oxygens (including phenoxy) is 2. The Morgan fingerprint density at radius 1 is 0.897 bits per heavy atom. The SMILES string of the molecule is O=C(NC[C@@H]1COc2ccccc2O1)C(=O)NCC1(c2ccccc2)CCCC1. The predicted molar refractivity (Wildman–Crippen MR) is 109 cm³/mol. The third-order valence-electron chi connectivity index (χ3n) is 5.80. The smallest absolute Gasteiger partial charge is 0.309 e. The molecule has 1 atom stereocenters. The van der Waals surface area contributed by atoms with E-state index in [1.165, 1.54) is 5.56 Å². The zero-order valence-electron chi connectivity index (χ0n) is 16.4. The highest BCUT2D eigenvalue weighted by Crippen LogP contribution is 2.40. The van der Waals surface area contributed by atoms with E-state index in [4.69, 9.17) is 9.47 Å². The lowest BCUT2D eigenvalue weighted by atomic mass is 9.79. The summed E-state index contributed by atoms with van der Waals surface area (Å²) in [5, 5.41) is 5.50. The van der Waals surface area contributed by atoms with Gasteiger partial charge in [-0.2, -0.15) is 0 Å². The maximum Gasteiger partial charge on any atom is 0.309 e. The molecule has 0 aromatic heterocycles. The summed E-state index contributed by atoms with van der Waals surface area (Å²) in [7, 11) is 0. The molecule has 2 aromatic rings. The predicted octanol–water partition coefficient (Wildman–Crippen LogP) is 2.57. The Morgan fingerprint density at radius 3 is 2.31 bits per heavy atom. The van der Waals surface area contributed by atoms with E-state index >= 15 is 0 Å². The summed E-state index contributed by atoms with van der Waals surface area (Å²) in [4.78, 5) is 24.6. The van der Waals surface area contributed by atoms with Crippen LogP contribution < -0.4 is 20.1 Å². The topological polar surface area (TPSA) is 76.7 Å². The summed E-state index contributed by atoms with van der Waals surface area (Å²) in [5.41, 5.74) is 1.14. The third kappa shape index (κ3) is 4.36. The number of benzene rings is 2. The molecule has 6 nitrogen and oxygen atoms in total. The molecule has 0 bridgehead atoms. The molecular weight excluding hydrogens is 368 g/mol. The van der Waals surface area contributed by atoms with Crippen LogP contribution in [0, 0.1) is 0 Å². The summed E-state index contributed by atoms with van der Waals surface area (Å²) in [6.45, 7) is 1.01. The molecule has 2 aliphatic rings. The van der Waals surface area contributed by atoms with E-state index in [-0.39, 0.29) is 18.1 Å². The lowest BCUT2D eigenvalue weighted by molar-refractivity contribution is -0.139. The maximum atomic E-state index is 12.3. The Labute approximate surface area is 170 Å². The van der Waals surface area contributed by atoms with Crippen molar-refractivity contribution in [3.8, 4) is 11.5 Å². The zero-order chi connectivity index (χ0) is 20.1. The van der Waals surface area contributed by atoms with E-state index in [1.54, 1.807) is 0 Å². The number of hydrogen-bond donors (Lipinski definition) is 2. The first-order valence-corrected chi connectivity index (χ1v) is 10.2. The first-order chi connectivity index (χ1) is 14.2. The minimum Gasteiger partial charge on any atom is -0.486 e. The van der Waals surface area contributed by atoms with Gasteiger partial charge in [0.1, 0.15) is 12.7 Å². The normalized spacial score (nSPS) is 19.4. The Kier molecular flexibility index (Phi) is 5.69. The van der Waals surface area contributed by atoms with E-state index in [0.717, 1.165) is 25.7 Å². The largest absolute Gasteiger partial charge is 0.486 e. The number of rotatable bonds is 5. The molecule has 4 rings (SSSR count). The number of carbonyl (C=O) groups is 2. The zero-order valence-corrected chi connectivity index (χ0v) is 16.4. The lowest BCUT2D eigenvalue weighted by Crippen LogP contribution is -2.48. The van der Waals surface area contributed by atoms with Crippen molar-refractivity contribution in [2.75, 3.05) is 19.7 Å². The fraction of sp³-hybridized carbons (Fsp3) is 0.391. The fourth-order valence-corrected chi connectivity index (χ4v) is 4.19. The van der Waals surface area contributed by atoms with Crippen molar-refractivity contribution in [2.24, 2.45) is 0 Å². The minimum absolute atomic E-state index is 0.0821. The van der Waals surface area contributed by atoms with Crippen LogP contribution in [0.2, 0.25) is 0 Å². The van der Waals surface area contributed by atoms with E-state index in [1.807, 2.05) is 42.5 Å². The van der Waals surface area contributed by atoms with Crippen molar-refractivity contribution in [1.82, 2.24) is 10.6 Å². The highest BCUT2D eigenvalue weighted by molar-refractivity contribution is 6.35. The van der Waals surface area contributed by atoms with Gasteiger partial charge in [-0.1, -0.05) is 55.3 Å². The third-order valence-corrected chi connectivity index (χ3v) is 5.80. The van der Waals surface area contributed by atoms with Gasteiger partial charge in [-0.25, -0.2) is 0 Å². The highest BCUT2D eigenvalue weighted by Gasteiger charge is 2.36. The first-order valence-electron chi connectivity index (χ1n) is 10.2. The standard InChI is InChI=1S/C23H26N2O4/c26-21(24-14-18-15-28-19-10-4-5-11-20(19)29-18)22(27)25-16-23(12-6-7-13-23)17-8-2-1-3-9-17/h1-5,8-11,18H,6-7,12-16H2,(H,24,26)(H,25,27)/t18-/m1/s1.